The maximum atomic E-state index is 10.8. The van der Waals surface area contributed by atoms with Gasteiger partial charge < -0.3 is 14.2 Å². The lowest BCUT2D eigenvalue weighted by molar-refractivity contribution is -0.138. The average molecular weight is 334 g/mol. The average Bonchev–Trinajstić information content (AvgIpc) is 2.47. The van der Waals surface area contributed by atoms with Crippen LogP contribution in [0.3, 0.4) is 0 Å². The Morgan fingerprint density at radius 1 is 0.952 bits per heavy atom. The van der Waals surface area contributed by atoms with Crippen LogP contribution >= 0.6 is 23.5 Å². The quantitative estimate of drug-likeness (QED) is 0.235. The van der Waals surface area contributed by atoms with Crippen molar-refractivity contribution in [3.05, 3.63) is 25.3 Å². The molecule has 0 aromatic rings. The summed E-state index contributed by atoms with van der Waals surface area (Å²) in [7, 11) is 0. The van der Waals surface area contributed by atoms with Gasteiger partial charge in [-0.1, -0.05) is 13.2 Å². The van der Waals surface area contributed by atoms with Crippen molar-refractivity contribution in [1.29, 1.82) is 0 Å². The zero-order valence-electron chi connectivity index (χ0n) is 12.4. The first-order valence-electron chi connectivity index (χ1n) is 6.46. The number of ether oxygens (including phenoxy) is 3. The summed E-state index contributed by atoms with van der Waals surface area (Å²) in [4.78, 5) is 21.6. The van der Waals surface area contributed by atoms with Crippen LogP contribution in [0.25, 0.3) is 0 Å². The Hall–Kier alpha value is -0.920. The van der Waals surface area contributed by atoms with Crippen molar-refractivity contribution in [3.8, 4) is 0 Å². The van der Waals surface area contributed by atoms with Gasteiger partial charge in [-0.15, -0.1) is 23.5 Å². The summed E-state index contributed by atoms with van der Waals surface area (Å²) >= 11 is 3.12. The van der Waals surface area contributed by atoms with Gasteiger partial charge in [-0.2, -0.15) is 0 Å². The predicted molar refractivity (Wildman–Crippen MR) is 87.2 cm³/mol. The van der Waals surface area contributed by atoms with E-state index in [2.05, 4.69) is 13.2 Å². The van der Waals surface area contributed by atoms with E-state index in [1.165, 1.54) is 0 Å². The van der Waals surface area contributed by atoms with Crippen LogP contribution in [0.1, 0.15) is 13.8 Å². The first-order chi connectivity index (χ1) is 9.99. The van der Waals surface area contributed by atoms with E-state index in [0.29, 0.717) is 24.7 Å². The number of carbonyl (C=O) groups excluding carboxylic acids is 2. The molecule has 0 fully saturated rings. The van der Waals surface area contributed by atoms with Gasteiger partial charge in [0.15, 0.2) is 0 Å². The van der Waals surface area contributed by atoms with Crippen molar-refractivity contribution >= 4 is 35.5 Å². The van der Waals surface area contributed by atoms with Gasteiger partial charge in [-0.3, -0.25) is 0 Å². The highest BCUT2D eigenvalue weighted by Gasteiger charge is 2.10. The van der Waals surface area contributed by atoms with E-state index < -0.39 is 11.9 Å². The molecule has 2 unspecified atom stereocenters. The van der Waals surface area contributed by atoms with Gasteiger partial charge in [0.25, 0.3) is 0 Å². The lowest BCUT2D eigenvalue weighted by atomic mass is 10.6. The third-order valence-electron chi connectivity index (χ3n) is 2.08. The Labute approximate surface area is 134 Å². The zero-order chi connectivity index (χ0) is 16.1. The largest absolute Gasteiger partial charge is 0.462 e. The molecule has 21 heavy (non-hydrogen) atoms. The minimum absolute atomic E-state index is 0.00865. The Balaban J connectivity index is 3.57. The molecule has 2 atom stereocenters. The summed E-state index contributed by atoms with van der Waals surface area (Å²) in [6, 6.07) is 0. The number of esters is 2. The maximum absolute atomic E-state index is 10.8. The van der Waals surface area contributed by atoms with Gasteiger partial charge in [0.05, 0.1) is 0 Å². The number of hydrogen-bond acceptors (Lipinski definition) is 7. The monoisotopic (exact) mass is 334 g/mol. The Bertz CT molecular complexity index is 314. The van der Waals surface area contributed by atoms with Crippen molar-refractivity contribution in [2.45, 2.75) is 24.7 Å². The van der Waals surface area contributed by atoms with Crippen molar-refractivity contribution in [2.75, 3.05) is 24.7 Å². The zero-order valence-corrected chi connectivity index (χ0v) is 14.0. The van der Waals surface area contributed by atoms with Crippen LogP contribution < -0.4 is 0 Å². The Kier molecular flexibility index (Phi) is 12.2. The van der Waals surface area contributed by atoms with Crippen molar-refractivity contribution in [3.63, 3.8) is 0 Å². The standard InChI is InChI=1S/C14H22O5S2/c1-5-13(15)17-7-9-20-11(3)19-12(4)21-10-8-18-14(16)6-2/h5-6,11-12H,1-2,7-10H2,3-4H3. The molecular weight excluding hydrogens is 312 g/mol. The van der Waals surface area contributed by atoms with Gasteiger partial charge in [0.1, 0.15) is 24.1 Å². The molecule has 0 radical (unpaired) electrons. The fourth-order valence-corrected chi connectivity index (χ4v) is 2.76. The van der Waals surface area contributed by atoms with Gasteiger partial charge in [-0.25, -0.2) is 9.59 Å². The first kappa shape index (κ1) is 20.1. The van der Waals surface area contributed by atoms with Gasteiger partial charge in [-0.05, 0) is 13.8 Å². The molecule has 0 amide bonds. The molecular formula is C14H22O5S2. The normalized spacial score (nSPS) is 13.0. The summed E-state index contributed by atoms with van der Waals surface area (Å²) in [5.41, 5.74) is -0.0173. The topological polar surface area (TPSA) is 61.8 Å². The fraction of sp³-hybridized carbons (Fsp3) is 0.571. The molecule has 7 heteroatoms. The van der Waals surface area contributed by atoms with E-state index in [1.54, 1.807) is 23.5 Å². The van der Waals surface area contributed by atoms with E-state index in [1.807, 2.05) is 13.8 Å². The smallest absolute Gasteiger partial charge is 0.330 e. The van der Waals surface area contributed by atoms with E-state index in [-0.39, 0.29) is 10.9 Å². The molecule has 5 nitrogen and oxygen atoms in total. The predicted octanol–water partition coefficient (Wildman–Crippen LogP) is 2.62. The first-order valence-corrected chi connectivity index (χ1v) is 8.56. The molecule has 0 rings (SSSR count). The Morgan fingerprint density at radius 3 is 1.67 bits per heavy atom. The van der Waals surface area contributed by atoms with Crippen molar-refractivity contribution in [1.82, 2.24) is 0 Å². The van der Waals surface area contributed by atoms with Gasteiger partial charge in [0, 0.05) is 23.7 Å². The SMILES string of the molecule is C=CC(=O)OCCSC(C)OC(C)SCCOC(=O)C=C. The lowest BCUT2D eigenvalue weighted by Gasteiger charge is -2.18. The highest BCUT2D eigenvalue weighted by atomic mass is 32.2. The molecule has 0 spiro atoms. The lowest BCUT2D eigenvalue weighted by Crippen LogP contribution is -2.15. The maximum Gasteiger partial charge on any atom is 0.330 e. The van der Waals surface area contributed by atoms with Crippen LogP contribution in [0.5, 0.6) is 0 Å². The molecule has 0 heterocycles. The van der Waals surface area contributed by atoms with Gasteiger partial charge in [0.2, 0.25) is 0 Å². The van der Waals surface area contributed by atoms with Crippen LogP contribution in [-0.4, -0.2) is 47.5 Å². The number of rotatable bonds is 12. The molecule has 0 aliphatic rings. The summed E-state index contributed by atoms with van der Waals surface area (Å²) in [5.74, 6) is 0.494. The van der Waals surface area contributed by atoms with E-state index in [0.717, 1.165) is 12.2 Å². The van der Waals surface area contributed by atoms with Crippen LogP contribution in [0, 0.1) is 0 Å². The summed E-state index contributed by atoms with van der Waals surface area (Å²) in [6.07, 6.45) is 2.28. The minimum Gasteiger partial charge on any atom is -0.462 e. The Morgan fingerprint density at radius 2 is 1.33 bits per heavy atom. The second-order valence-corrected chi connectivity index (χ2v) is 6.57. The third-order valence-corrected chi connectivity index (χ3v) is 4.04. The van der Waals surface area contributed by atoms with Crippen molar-refractivity contribution < 1.29 is 23.8 Å². The summed E-state index contributed by atoms with van der Waals surface area (Å²) in [6.45, 7) is 11.2. The molecule has 0 aromatic carbocycles. The van der Waals surface area contributed by atoms with E-state index >= 15 is 0 Å². The molecule has 120 valence electrons. The molecule has 0 aromatic heterocycles. The number of hydrogen-bond donors (Lipinski definition) is 0. The second-order valence-electron chi connectivity index (χ2n) is 3.76. The summed E-state index contributed by atoms with van der Waals surface area (Å²) in [5, 5.41) is 0. The molecule has 0 saturated carbocycles. The van der Waals surface area contributed by atoms with Crippen LogP contribution in [0.2, 0.25) is 0 Å². The minimum atomic E-state index is -0.415. The second kappa shape index (κ2) is 12.8. The highest BCUT2D eigenvalue weighted by Crippen LogP contribution is 2.19. The summed E-state index contributed by atoms with van der Waals surface area (Å²) < 4.78 is 15.4. The van der Waals surface area contributed by atoms with Crippen LogP contribution in [0.15, 0.2) is 25.3 Å². The van der Waals surface area contributed by atoms with Crippen LogP contribution in [-0.2, 0) is 23.8 Å². The van der Waals surface area contributed by atoms with E-state index in [4.69, 9.17) is 14.2 Å². The molecule has 0 N–H and O–H groups in total. The molecule has 0 saturated heterocycles. The van der Waals surface area contributed by atoms with Crippen LogP contribution in [0.4, 0.5) is 0 Å². The molecule has 0 aliphatic heterocycles. The third kappa shape index (κ3) is 12.5. The van der Waals surface area contributed by atoms with Gasteiger partial charge >= 0.3 is 11.9 Å². The fourth-order valence-electron chi connectivity index (χ4n) is 1.18. The van der Waals surface area contributed by atoms with Crippen molar-refractivity contribution in [2.24, 2.45) is 0 Å². The number of carbonyl (C=O) groups is 2. The molecule has 0 bridgehead atoms. The highest BCUT2D eigenvalue weighted by molar-refractivity contribution is 8.00. The van der Waals surface area contributed by atoms with E-state index in [9.17, 15) is 9.59 Å². The number of thioether (sulfide) groups is 2. The molecule has 0 aliphatic carbocycles.